The molecule has 0 atom stereocenters. The summed E-state index contributed by atoms with van der Waals surface area (Å²) in [5.74, 6) is 1.64. The number of nitrogens with zero attached hydrogens (tertiary/aromatic N) is 2. The highest BCUT2D eigenvalue weighted by Crippen LogP contribution is 2.25. The molecule has 0 spiro atoms. The quantitative estimate of drug-likeness (QED) is 0.250. The maximum absolute atomic E-state index is 12.3. The molecule has 0 aromatic heterocycles. The molecule has 1 aromatic carbocycles. The molecule has 27 heavy (non-hydrogen) atoms. The third kappa shape index (κ3) is 9.00. The van der Waals surface area contributed by atoms with Crippen LogP contribution in [-0.2, 0) is 12.8 Å². The van der Waals surface area contributed by atoms with E-state index < -0.39 is 12.7 Å². The fourth-order valence-corrected chi connectivity index (χ4v) is 2.88. The van der Waals surface area contributed by atoms with Crippen molar-refractivity contribution in [2.24, 2.45) is 4.99 Å². The zero-order valence-corrected chi connectivity index (χ0v) is 18.1. The Labute approximate surface area is 175 Å². The Balaban J connectivity index is 0.00000364. The van der Waals surface area contributed by atoms with Crippen LogP contribution in [0.4, 0.5) is 13.2 Å². The van der Waals surface area contributed by atoms with Gasteiger partial charge in [0.05, 0.1) is 13.2 Å². The highest BCUT2D eigenvalue weighted by molar-refractivity contribution is 14.0. The predicted octanol–water partition coefficient (Wildman–Crippen LogP) is 2.83. The Hall–Kier alpha value is -1.23. The second-order valence-corrected chi connectivity index (χ2v) is 6.42. The number of ether oxygens (including phenoxy) is 1. The molecule has 154 valence electrons. The summed E-state index contributed by atoms with van der Waals surface area (Å²) in [6.45, 7) is 1.55. The minimum atomic E-state index is -4.15. The van der Waals surface area contributed by atoms with Crippen molar-refractivity contribution in [3.8, 4) is 5.75 Å². The first kappa shape index (κ1) is 23.8. The minimum Gasteiger partial charge on any atom is -0.493 e. The molecule has 0 bridgehead atoms. The molecule has 5 nitrogen and oxygen atoms in total. The minimum absolute atomic E-state index is 0. The zero-order valence-electron chi connectivity index (χ0n) is 15.7. The Bertz CT molecular complexity index is 611. The summed E-state index contributed by atoms with van der Waals surface area (Å²) in [6, 6.07) is 6.26. The van der Waals surface area contributed by atoms with Crippen molar-refractivity contribution in [2.75, 3.05) is 46.9 Å². The van der Waals surface area contributed by atoms with Crippen LogP contribution in [0.1, 0.15) is 17.5 Å². The van der Waals surface area contributed by atoms with Gasteiger partial charge in [-0.15, -0.1) is 24.0 Å². The topological polar surface area (TPSA) is 48.9 Å². The van der Waals surface area contributed by atoms with Crippen molar-refractivity contribution < 1.29 is 17.9 Å². The molecule has 0 aliphatic carbocycles. The van der Waals surface area contributed by atoms with Gasteiger partial charge >= 0.3 is 6.18 Å². The van der Waals surface area contributed by atoms with Crippen LogP contribution >= 0.6 is 24.0 Å². The van der Waals surface area contributed by atoms with Gasteiger partial charge in [0.15, 0.2) is 5.96 Å². The van der Waals surface area contributed by atoms with Crippen molar-refractivity contribution >= 4 is 29.9 Å². The number of fused-ring (bicyclic) bond motifs is 1. The lowest BCUT2D eigenvalue weighted by molar-refractivity contribution is -0.143. The first-order chi connectivity index (χ1) is 12.4. The van der Waals surface area contributed by atoms with Gasteiger partial charge in [-0.2, -0.15) is 13.2 Å². The molecular weight excluding hydrogens is 472 g/mol. The number of alkyl halides is 3. The summed E-state index contributed by atoms with van der Waals surface area (Å²) in [4.78, 5) is 5.41. The first-order valence-corrected chi connectivity index (χ1v) is 8.82. The Kier molecular flexibility index (Phi) is 10.2. The van der Waals surface area contributed by atoms with Crippen molar-refractivity contribution in [1.29, 1.82) is 0 Å². The normalized spacial score (nSPS) is 13.8. The largest absolute Gasteiger partial charge is 0.493 e. The van der Waals surface area contributed by atoms with Gasteiger partial charge in [0.25, 0.3) is 0 Å². The number of benzene rings is 1. The van der Waals surface area contributed by atoms with E-state index in [1.165, 1.54) is 23.1 Å². The average Bonchev–Trinajstić information content (AvgIpc) is 3.03. The van der Waals surface area contributed by atoms with Crippen LogP contribution in [0.15, 0.2) is 23.2 Å². The molecule has 0 saturated heterocycles. The van der Waals surface area contributed by atoms with Crippen LogP contribution in [-0.4, -0.2) is 63.9 Å². The molecule has 9 heteroatoms. The molecular formula is C18H28F3IN4O. The van der Waals surface area contributed by atoms with Crippen LogP contribution < -0.4 is 15.4 Å². The number of hydrogen-bond donors (Lipinski definition) is 2. The van der Waals surface area contributed by atoms with Gasteiger partial charge in [-0.1, -0.05) is 12.1 Å². The molecule has 1 aliphatic rings. The van der Waals surface area contributed by atoms with Crippen molar-refractivity contribution in [3.05, 3.63) is 29.3 Å². The molecule has 0 saturated carbocycles. The van der Waals surface area contributed by atoms with E-state index >= 15 is 0 Å². The third-order valence-corrected chi connectivity index (χ3v) is 4.14. The molecule has 2 rings (SSSR count). The number of halogens is 4. The van der Waals surface area contributed by atoms with E-state index in [0.29, 0.717) is 25.5 Å². The lowest BCUT2D eigenvalue weighted by Gasteiger charge is -2.19. The van der Waals surface area contributed by atoms with Gasteiger partial charge in [0.1, 0.15) is 5.75 Å². The van der Waals surface area contributed by atoms with Crippen LogP contribution in [0.5, 0.6) is 5.75 Å². The van der Waals surface area contributed by atoms with Gasteiger partial charge in [-0.3, -0.25) is 9.89 Å². The van der Waals surface area contributed by atoms with E-state index in [1.807, 2.05) is 6.07 Å². The summed E-state index contributed by atoms with van der Waals surface area (Å²) < 4.78 is 42.3. The molecule has 0 unspecified atom stereocenters. The maximum atomic E-state index is 12.3. The zero-order chi connectivity index (χ0) is 19.0. The second-order valence-electron chi connectivity index (χ2n) is 6.42. The number of nitrogens with one attached hydrogen (secondary N) is 2. The molecule has 1 aromatic rings. The molecule has 0 amide bonds. The number of rotatable bonds is 8. The van der Waals surface area contributed by atoms with Gasteiger partial charge in [0, 0.05) is 26.6 Å². The highest BCUT2D eigenvalue weighted by Gasteiger charge is 2.28. The summed E-state index contributed by atoms with van der Waals surface area (Å²) in [5.41, 5.74) is 2.50. The van der Waals surface area contributed by atoms with Crippen LogP contribution in [0.25, 0.3) is 0 Å². The summed E-state index contributed by atoms with van der Waals surface area (Å²) in [6.07, 6.45) is -1.72. The molecule has 1 aliphatic heterocycles. The van der Waals surface area contributed by atoms with Crippen LogP contribution in [0, 0.1) is 0 Å². The van der Waals surface area contributed by atoms with Gasteiger partial charge < -0.3 is 15.4 Å². The molecule has 0 fully saturated rings. The number of hydrogen-bond acceptors (Lipinski definition) is 3. The second kappa shape index (κ2) is 11.6. The lowest BCUT2D eigenvalue weighted by atomic mass is 10.1. The van der Waals surface area contributed by atoms with E-state index in [2.05, 4.69) is 27.8 Å². The first-order valence-electron chi connectivity index (χ1n) is 8.82. The molecule has 1 heterocycles. The van der Waals surface area contributed by atoms with Crippen molar-refractivity contribution in [1.82, 2.24) is 15.5 Å². The third-order valence-electron chi connectivity index (χ3n) is 4.14. The Morgan fingerprint density at radius 2 is 2.00 bits per heavy atom. The lowest BCUT2D eigenvalue weighted by Crippen LogP contribution is -2.40. The van der Waals surface area contributed by atoms with E-state index in [1.54, 1.807) is 7.05 Å². The molecule has 0 radical (unpaired) electrons. The molecule has 2 N–H and O–H groups in total. The average molecular weight is 500 g/mol. The number of guanidine groups is 1. The highest BCUT2D eigenvalue weighted by atomic mass is 127. The summed E-state index contributed by atoms with van der Waals surface area (Å²) in [7, 11) is 3.15. The van der Waals surface area contributed by atoms with E-state index in [0.717, 1.165) is 31.7 Å². The van der Waals surface area contributed by atoms with Crippen molar-refractivity contribution in [3.63, 3.8) is 0 Å². The predicted molar refractivity (Wildman–Crippen MR) is 112 cm³/mol. The Morgan fingerprint density at radius 1 is 1.26 bits per heavy atom. The van der Waals surface area contributed by atoms with Crippen molar-refractivity contribution in [2.45, 2.75) is 25.4 Å². The van der Waals surface area contributed by atoms with Gasteiger partial charge in [-0.25, -0.2) is 0 Å². The Morgan fingerprint density at radius 3 is 2.70 bits per heavy atom. The van der Waals surface area contributed by atoms with E-state index in [9.17, 15) is 13.2 Å². The van der Waals surface area contributed by atoms with Gasteiger partial charge in [0.2, 0.25) is 0 Å². The fraction of sp³-hybridized carbons (Fsp3) is 0.611. The van der Waals surface area contributed by atoms with E-state index in [4.69, 9.17) is 4.74 Å². The number of aliphatic imine (C=N–C) groups is 1. The SMILES string of the molecule is CN=C(NCCCN(C)CC(F)(F)F)NCCc1ccc2c(c1)CCO2.I. The van der Waals surface area contributed by atoms with E-state index in [-0.39, 0.29) is 24.0 Å². The fourth-order valence-electron chi connectivity index (χ4n) is 2.88. The van der Waals surface area contributed by atoms with Gasteiger partial charge in [-0.05, 0) is 43.6 Å². The monoisotopic (exact) mass is 500 g/mol. The summed E-state index contributed by atoms with van der Waals surface area (Å²) >= 11 is 0. The standard InChI is InChI=1S/C18H27F3N4O.HI/c1-22-17(23-8-3-10-25(2)13-18(19,20)21)24-9-6-14-4-5-16-15(12-14)7-11-26-16;/h4-5,12H,3,6-11,13H2,1-2H3,(H2,22,23,24);1H. The van der Waals surface area contributed by atoms with Crippen LogP contribution in [0.2, 0.25) is 0 Å². The smallest absolute Gasteiger partial charge is 0.401 e. The summed E-state index contributed by atoms with van der Waals surface area (Å²) in [5, 5.41) is 6.35. The maximum Gasteiger partial charge on any atom is 0.401 e. The van der Waals surface area contributed by atoms with Crippen LogP contribution in [0.3, 0.4) is 0 Å².